The minimum absolute atomic E-state index is 0.00954. The number of carbonyl (C=O) groups is 2. The number of carboxylic acids is 1. The monoisotopic (exact) mass is 382 g/mol. The second-order valence-electron chi connectivity index (χ2n) is 6.42. The second kappa shape index (κ2) is 7.34. The van der Waals surface area contributed by atoms with E-state index in [2.05, 4.69) is 33.4 Å². The van der Waals surface area contributed by atoms with Crippen LogP contribution >= 0.6 is 15.9 Å². The standard InChI is InChI=1S/C17H23BrN2O3/c1-12(15(21)22)10-20(2)16(23)19-11-17(8-3-9-17)13-4-6-14(18)7-5-13/h4-7,12H,3,8-11H2,1-2H3,(H,19,23)(H,21,22). The summed E-state index contributed by atoms with van der Waals surface area (Å²) in [6.45, 7) is 2.38. The third-order valence-corrected chi connectivity index (χ3v) is 5.19. The Morgan fingerprint density at radius 1 is 1.35 bits per heavy atom. The lowest BCUT2D eigenvalue weighted by Gasteiger charge is -2.43. The second-order valence-corrected chi connectivity index (χ2v) is 7.33. The summed E-state index contributed by atoms with van der Waals surface area (Å²) >= 11 is 3.44. The Bertz CT molecular complexity index is 570. The summed E-state index contributed by atoms with van der Waals surface area (Å²) in [5.74, 6) is -1.47. The molecule has 5 nitrogen and oxygen atoms in total. The van der Waals surface area contributed by atoms with Crippen LogP contribution in [0.15, 0.2) is 28.7 Å². The molecule has 126 valence electrons. The number of carboxylic acid groups (broad SMARTS) is 1. The fourth-order valence-corrected chi connectivity index (χ4v) is 3.19. The van der Waals surface area contributed by atoms with Gasteiger partial charge in [0.1, 0.15) is 0 Å². The molecule has 1 atom stereocenters. The number of aliphatic carboxylic acids is 1. The third kappa shape index (κ3) is 4.25. The van der Waals surface area contributed by atoms with Crippen LogP contribution in [-0.4, -0.2) is 42.1 Å². The molecule has 0 saturated heterocycles. The van der Waals surface area contributed by atoms with Crippen LogP contribution in [0.2, 0.25) is 0 Å². The van der Waals surface area contributed by atoms with E-state index in [-0.39, 0.29) is 18.0 Å². The van der Waals surface area contributed by atoms with E-state index in [1.54, 1.807) is 14.0 Å². The van der Waals surface area contributed by atoms with Gasteiger partial charge in [-0.05, 0) is 30.5 Å². The lowest BCUT2D eigenvalue weighted by atomic mass is 9.64. The zero-order chi connectivity index (χ0) is 17.0. The number of hydrogen-bond acceptors (Lipinski definition) is 2. The zero-order valence-corrected chi connectivity index (χ0v) is 15.1. The first-order chi connectivity index (χ1) is 10.8. The van der Waals surface area contributed by atoms with Gasteiger partial charge in [-0.3, -0.25) is 4.79 Å². The topological polar surface area (TPSA) is 69.6 Å². The van der Waals surface area contributed by atoms with Crippen LogP contribution in [0.25, 0.3) is 0 Å². The van der Waals surface area contributed by atoms with Gasteiger partial charge in [0.2, 0.25) is 0 Å². The first-order valence-electron chi connectivity index (χ1n) is 7.82. The molecule has 1 saturated carbocycles. The highest BCUT2D eigenvalue weighted by atomic mass is 79.9. The smallest absolute Gasteiger partial charge is 0.317 e. The maximum atomic E-state index is 12.2. The highest BCUT2D eigenvalue weighted by molar-refractivity contribution is 9.10. The molecular weight excluding hydrogens is 360 g/mol. The summed E-state index contributed by atoms with van der Waals surface area (Å²) in [6, 6.07) is 8.04. The molecule has 0 radical (unpaired) electrons. The highest BCUT2D eigenvalue weighted by Gasteiger charge is 2.39. The molecule has 6 heteroatoms. The van der Waals surface area contributed by atoms with Crippen LogP contribution < -0.4 is 5.32 Å². The Kier molecular flexibility index (Phi) is 5.68. The van der Waals surface area contributed by atoms with Gasteiger partial charge in [-0.25, -0.2) is 4.79 Å². The molecule has 1 aromatic carbocycles. The molecule has 0 bridgehead atoms. The first kappa shape index (κ1) is 17.8. The molecule has 0 aliphatic heterocycles. The Labute approximate surface area is 145 Å². The SMILES string of the molecule is CC(CN(C)C(=O)NCC1(c2ccc(Br)cc2)CCC1)C(=O)O. The van der Waals surface area contributed by atoms with Crippen molar-refractivity contribution in [2.45, 2.75) is 31.6 Å². The van der Waals surface area contributed by atoms with Crippen LogP contribution in [0, 0.1) is 5.92 Å². The molecule has 2 rings (SSSR count). The largest absolute Gasteiger partial charge is 0.481 e. The summed E-state index contributed by atoms with van der Waals surface area (Å²) in [4.78, 5) is 24.5. The lowest BCUT2D eigenvalue weighted by molar-refractivity contribution is -0.141. The third-order valence-electron chi connectivity index (χ3n) is 4.66. The van der Waals surface area contributed by atoms with Gasteiger partial charge in [-0.15, -0.1) is 0 Å². The van der Waals surface area contributed by atoms with Gasteiger partial charge < -0.3 is 15.3 Å². The molecule has 1 unspecified atom stereocenters. The predicted molar refractivity (Wildman–Crippen MR) is 92.5 cm³/mol. The molecule has 2 N–H and O–H groups in total. The molecule has 1 aromatic rings. The Balaban J connectivity index is 1.94. The molecule has 0 aromatic heterocycles. The maximum absolute atomic E-state index is 12.2. The molecule has 1 aliphatic rings. The number of urea groups is 1. The number of hydrogen-bond donors (Lipinski definition) is 2. The van der Waals surface area contributed by atoms with Crippen LogP contribution in [0.1, 0.15) is 31.7 Å². The minimum atomic E-state index is -0.894. The van der Waals surface area contributed by atoms with Crippen molar-refractivity contribution in [3.63, 3.8) is 0 Å². The first-order valence-corrected chi connectivity index (χ1v) is 8.61. The van der Waals surface area contributed by atoms with E-state index in [1.165, 1.54) is 10.5 Å². The van der Waals surface area contributed by atoms with Crippen molar-refractivity contribution in [1.82, 2.24) is 10.2 Å². The summed E-state index contributed by atoms with van der Waals surface area (Å²) in [5, 5.41) is 11.9. The van der Waals surface area contributed by atoms with E-state index in [1.807, 2.05) is 12.1 Å². The van der Waals surface area contributed by atoms with E-state index < -0.39 is 11.9 Å². The number of nitrogens with zero attached hydrogens (tertiary/aromatic N) is 1. The average molecular weight is 383 g/mol. The fraction of sp³-hybridized carbons (Fsp3) is 0.529. The van der Waals surface area contributed by atoms with E-state index >= 15 is 0 Å². The summed E-state index contributed by atoms with van der Waals surface area (Å²) in [5.41, 5.74) is 1.25. The van der Waals surface area contributed by atoms with Gasteiger partial charge in [0.25, 0.3) is 0 Å². The molecule has 1 aliphatic carbocycles. The minimum Gasteiger partial charge on any atom is -0.481 e. The van der Waals surface area contributed by atoms with Crippen LogP contribution in [0.5, 0.6) is 0 Å². The number of nitrogens with one attached hydrogen (secondary N) is 1. The number of rotatable bonds is 6. The van der Waals surface area contributed by atoms with E-state index in [4.69, 9.17) is 5.11 Å². The van der Waals surface area contributed by atoms with Crippen molar-refractivity contribution >= 4 is 27.9 Å². The molecule has 1 fully saturated rings. The van der Waals surface area contributed by atoms with E-state index in [0.29, 0.717) is 6.54 Å². The van der Waals surface area contributed by atoms with Gasteiger partial charge in [-0.1, -0.05) is 41.4 Å². The lowest BCUT2D eigenvalue weighted by Crippen LogP contribution is -2.49. The van der Waals surface area contributed by atoms with Crippen LogP contribution in [0.4, 0.5) is 4.79 Å². The van der Waals surface area contributed by atoms with Gasteiger partial charge in [0, 0.05) is 30.0 Å². The van der Waals surface area contributed by atoms with Crippen molar-refractivity contribution in [2.75, 3.05) is 20.1 Å². The van der Waals surface area contributed by atoms with Gasteiger partial charge in [-0.2, -0.15) is 0 Å². The van der Waals surface area contributed by atoms with E-state index in [9.17, 15) is 9.59 Å². The predicted octanol–water partition coefficient (Wildman–Crippen LogP) is 3.23. The van der Waals surface area contributed by atoms with Crippen molar-refractivity contribution < 1.29 is 14.7 Å². The average Bonchev–Trinajstić information content (AvgIpc) is 2.47. The van der Waals surface area contributed by atoms with Crippen molar-refractivity contribution in [3.05, 3.63) is 34.3 Å². The summed E-state index contributed by atoms with van der Waals surface area (Å²) in [6.07, 6.45) is 3.28. The van der Waals surface area contributed by atoms with Gasteiger partial charge in [0.15, 0.2) is 0 Å². The summed E-state index contributed by atoms with van der Waals surface area (Å²) in [7, 11) is 1.63. The Morgan fingerprint density at radius 2 is 1.96 bits per heavy atom. The van der Waals surface area contributed by atoms with Crippen molar-refractivity contribution in [3.8, 4) is 0 Å². The summed E-state index contributed by atoms with van der Waals surface area (Å²) < 4.78 is 1.04. The Hall–Kier alpha value is -1.56. The number of carbonyl (C=O) groups excluding carboxylic acids is 1. The zero-order valence-electron chi connectivity index (χ0n) is 13.5. The highest BCUT2D eigenvalue weighted by Crippen LogP contribution is 2.43. The number of benzene rings is 1. The van der Waals surface area contributed by atoms with Crippen molar-refractivity contribution in [1.29, 1.82) is 0 Å². The fourth-order valence-electron chi connectivity index (χ4n) is 2.93. The number of amides is 2. The van der Waals surface area contributed by atoms with Gasteiger partial charge >= 0.3 is 12.0 Å². The van der Waals surface area contributed by atoms with Crippen molar-refractivity contribution in [2.24, 2.45) is 5.92 Å². The maximum Gasteiger partial charge on any atom is 0.317 e. The molecule has 0 spiro atoms. The molecule has 2 amide bonds. The molecule has 23 heavy (non-hydrogen) atoms. The normalized spacial score (nSPS) is 17.0. The Morgan fingerprint density at radius 3 is 2.43 bits per heavy atom. The van der Waals surface area contributed by atoms with E-state index in [0.717, 1.165) is 23.7 Å². The molecular formula is C17H23BrN2O3. The number of halogens is 1. The van der Waals surface area contributed by atoms with Crippen LogP contribution in [0.3, 0.4) is 0 Å². The van der Waals surface area contributed by atoms with Crippen LogP contribution in [-0.2, 0) is 10.2 Å². The molecule has 0 heterocycles. The van der Waals surface area contributed by atoms with Gasteiger partial charge in [0.05, 0.1) is 5.92 Å². The quantitative estimate of drug-likeness (QED) is 0.793.